The fraction of sp³-hybridized carbons (Fsp3) is 0.917. The maximum atomic E-state index is 10.9. The number of piperidine rings is 1. The molecule has 2 fully saturated rings. The van der Waals surface area contributed by atoms with Crippen molar-refractivity contribution >= 4 is 5.97 Å². The molecule has 0 radical (unpaired) electrons. The highest BCUT2D eigenvalue weighted by Crippen LogP contribution is 2.45. The van der Waals surface area contributed by atoms with E-state index in [1.165, 1.54) is 19.3 Å². The second kappa shape index (κ2) is 4.12. The van der Waals surface area contributed by atoms with Crippen molar-refractivity contribution in [2.24, 2.45) is 5.92 Å². The number of nitrogens with zero attached hydrogens (tertiary/aromatic N) is 1. The minimum absolute atomic E-state index is 0.0195. The first-order valence-electron chi connectivity index (χ1n) is 6.09. The SMILES string of the molecule is CC1CC(CC(=O)O)(N2CCCCC2)C1. The van der Waals surface area contributed by atoms with E-state index in [0.29, 0.717) is 12.3 Å². The highest BCUT2D eigenvalue weighted by Gasteiger charge is 2.47. The molecule has 15 heavy (non-hydrogen) atoms. The second-order valence-corrected chi connectivity index (χ2v) is 5.36. The Morgan fingerprint density at radius 1 is 1.33 bits per heavy atom. The molecule has 1 N–H and O–H groups in total. The van der Waals surface area contributed by atoms with E-state index < -0.39 is 5.97 Å². The standard InChI is InChI=1S/C12H21NO2/c1-10-7-12(8-10,9-11(14)15)13-5-3-2-4-6-13/h10H,2-9H2,1H3,(H,14,15). The van der Waals surface area contributed by atoms with Crippen LogP contribution < -0.4 is 0 Å². The third-order valence-electron chi connectivity index (χ3n) is 3.96. The van der Waals surface area contributed by atoms with E-state index >= 15 is 0 Å². The largest absolute Gasteiger partial charge is 0.481 e. The fourth-order valence-electron chi connectivity index (χ4n) is 3.40. The van der Waals surface area contributed by atoms with Crippen LogP contribution in [0.5, 0.6) is 0 Å². The summed E-state index contributed by atoms with van der Waals surface area (Å²) in [6, 6.07) is 0. The first-order valence-corrected chi connectivity index (χ1v) is 6.09. The van der Waals surface area contributed by atoms with Gasteiger partial charge in [-0.25, -0.2) is 0 Å². The predicted molar refractivity (Wildman–Crippen MR) is 58.8 cm³/mol. The van der Waals surface area contributed by atoms with Crippen molar-refractivity contribution < 1.29 is 9.90 Å². The molecule has 3 heteroatoms. The first kappa shape index (κ1) is 10.9. The normalized spacial score (nSPS) is 37.3. The van der Waals surface area contributed by atoms with Crippen molar-refractivity contribution in [3.05, 3.63) is 0 Å². The maximum absolute atomic E-state index is 10.9. The Bertz CT molecular complexity index is 240. The molecule has 1 aliphatic heterocycles. The molecule has 0 aromatic heterocycles. The molecular formula is C12H21NO2. The van der Waals surface area contributed by atoms with Gasteiger partial charge in [0, 0.05) is 5.54 Å². The van der Waals surface area contributed by atoms with Gasteiger partial charge in [0.2, 0.25) is 0 Å². The number of likely N-dealkylation sites (tertiary alicyclic amines) is 1. The molecule has 86 valence electrons. The van der Waals surface area contributed by atoms with Gasteiger partial charge >= 0.3 is 5.97 Å². The lowest BCUT2D eigenvalue weighted by molar-refractivity contribution is -0.144. The quantitative estimate of drug-likeness (QED) is 0.777. The Labute approximate surface area is 91.5 Å². The van der Waals surface area contributed by atoms with Crippen LogP contribution >= 0.6 is 0 Å². The van der Waals surface area contributed by atoms with Crippen LogP contribution in [0.3, 0.4) is 0 Å². The second-order valence-electron chi connectivity index (χ2n) is 5.36. The van der Waals surface area contributed by atoms with E-state index in [-0.39, 0.29) is 5.54 Å². The Morgan fingerprint density at radius 3 is 2.40 bits per heavy atom. The summed E-state index contributed by atoms with van der Waals surface area (Å²) in [5, 5.41) is 9.00. The summed E-state index contributed by atoms with van der Waals surface area (Å²) >= 11 is 0. The molecule has 0 atom stereocenters. The number of hydrogen-bond acceptors (Lipinski definition) is 2. The third kappa shape index (κ3) is 2.17. The summed E-state index contributed by atoms with van der Waals surface area (Å²) < 4.78 is 0. The van der Waals surface area contributed by atoms with Crippen LogP contribution in [0.1, 0.15) is 45.4 Å². The van der Waals surface area contributed by atoms with Gasteiger partial charge in [0.1, 0.15) is 0 Å². The molecule has 0 aromatic rings. The van der Waals surface area contributed by atoms with Crippen molar-refractivity contribution in [1.29, 1.82) is 0 Å². The third-order valence-corrected chi connectivity index (χ3v) is 3.96. The average Bonchev–Trinajstić information content (AvgIpc) is 2.15. The van der Waals surface area contributed by atoms with Crippen molar-refractivity contribution in [3.8, 4) is 0 Å². The summed E-state index contributed by atoms with van der Waals surface area (Å²) in [4.78, 5) is 13.4. The Hall–Kier alpha value is -0.570. The zero-order valence-corrected chi connectivity index (χ0v) is 9.54. The van der Waals surface area contributed by atoms with E-state index in [1.54, 1.807) is 0 Å². The van der Waals surface area contributed by atoms with E-state index in [1.807, 2.05) is 0 Å². The highest BCUT2D eigenvalue weighted by molar-refractivity contribution is 5.68. The topological polar surface area (TPSA) is 40.5 Å². The molecule has 1 heterocycles. The summed E-state index contributed by atoms with van der Waals surface area (Å²) in [6.07, 6.45) is 6.32. The van der Waals surface area contributed by atoms with Gasteiger partial charge in [-0.2, -0.15) is 0 Å². The molecule has 0 aromatic carbocycles. The smallest absolute Gasteiger partial charge is 0.305 e. The molecule has 1 saturated heterocycles. The van der Waals surface area contributed by atoms with Crippen LogP contribution in [0.25, 0.3) is 0 Å². The number of carbonyl (C=O) groups is 1. The minimum Gasteiger partial charge on any atom is -0.481 e. The van der Waals surface area contributed by atoms with Gasteiger partial charge in [0.25, 0.3) is 0 Å². The average molecular weight is 211 g/mol. The van der Waals surface area contributed by atoms with E-state index in [9.17, 15) is 4.79 Å². The maximum Gasteiger partial charge on any atom is 0.305 e. The van der Waals surface area contributed by atoms with Gasteiger partial charge in [-0.15, -0.1) is 0 Å². The lowest BCUT2D eigenvalue weighted by Gasteiger charge is -2.54. The van der Waals surface area contributed by atoms with Gasteiger partial charge in [-0.05, 0) is 44.7 Å². The molecule has 0 spiro atoms. The summed E-state index contributed by atoms with van der Waals surface area (Å²) in [6.45, 7) is 4.45. The van der Waals surface area contributed by atoms with Gasteiger partial charge in [-0.3, -0.25) is 9.69 Å². The minimum atomic E-state index is -0.632. The van der Waals surface area contributed by atoms with Crippen molar-refractivity contribution in [1.82, 2.24) is 4.90 Å². The fourth-order valence-corrected chi connectivity index (χ4v) is 3.40. The first-order chi connectivity index (χ1) is 7.12. The van der Waals surface area contributed by atoms with Crippen molar-refractivity contribution in [2.75, 3.05) is 13.1 Å². The van der Waals surface area contributed by atoms with Crippen LogP contribution in [0.15, 0.2) is 0 Å². The van der Waals surface area contributed by atoms with Gasteiger partial charge in [0.15, 0.2) is 0 Å². The summed E-state index contributed by atoms with van der Waals surface area (Å²) in [5.74, 6) is 0.0822. The molecule has 1 aliphatic carbocycles. The van der Waals surface area contributed by atoms with Gasteiger partial charge in [0.05, 0.1) is 6.42 Å². The van der Waals surface area contributed by atoms with Crippen LogP contribution in [-0.4, -0.2) is 34.6 Å². The van der Waals surface area contributed by atoms with Crippen molar-refractivity contribution in [2.45, 2.75) is 51.0 Å². The number of aliphatic carboxylic acids is 1. The lowest BCUT2D eigenvalue weighted by Crippen LogP contribution is -2.59. The molecule has 0 unspecified atom stereocenters. The zero-order chi connectivity index (χ0) is 10.9. The zero-order valence-electron chi connectivity index (χ0n) is 9.54. The lowest BCUT2D eigenvalue weighted by atomic mass is 9.66. The Morgan fingerprint density at radius 2 is 1.93 bits per heavy atom. The van der Waals surface area contributed by atoms with Gasteiger partial charge < -0.3 is 5.11 Å². The van der Waals surface area contributed by atoms with E-state index in [0.717, 1.165) is 25.9 Å². The number of carboxylic acids is 1. The Balaban J connectivity index is 2.01. The molecule has 0 bridgehead atoms. The van der Waals surface area contributed by atoms with E-state index in [2.05, 4.69) is 11.8 Å². The Kier molecular flexibility index (Phi) is 3.01. The van der Waals surface area contributed by atoms with Crippen LogP contribution in [0.2, 0.25) is 0 Å². The van der Waals surface area contributed by atoms with Crippen LogP contribution in [0, 0.1) is 5.92 Å². The van der Waals surface area contributed by atoms with Crippen molar-refractivity contribution in [3.63, 3.8) is 0 Å². The molecular weight excluding hydrogens is 190 g/mol. The monoisotopic (exact) mass is 211 g/mol. The highest BCUT2D eigenvalue weighted by atomic mass is 16.4. The van der Waals surface area contributed by atoms with Crippen LogP contribution in [0.4, 0.5) is 0 Å². The number of hydrogen-bond donors (Lipinski definition) is 1. The summed E-state index contributed by atoms with van der Waals surface area (Å²) in [5.41, 5.74) is 0.0195. The molecule has 1 saturated carbocycles. The summed E-state index contributed by atoms with van der Waals surface area (Å²) in [7, 11) is 0. The molecule has 2 rings (SSSR count). The van der Waals surface area contributed by atoms with Crippen LogP contribution in [-0.2, 0) is 4.79 Å². The predicted octanol–water partition coefficient (Wildman–Crippen LogP) is 2.12. The van der Waals surface area contributed by atoms with E-state index in [4.69, 9.17) is 5.11 Å². The molecule has 3 nitrogen and oxygen atoms in total. The number of rotatable bonds is 3. The number of carboxylic acid groups (broad SMARTS) is 1. The van der Waals surface area contributed by atoms with Gasteiger partial charge in [-0.1, -0.05) is 13.3 Å². The molecule has 0 amide bonds. The molecule has 2 aliphatic rings.